The van der Waals surface area contributed by atoms with Gasteiger partial charge in [-0.1, -0.05) is 26.7 Å². The largest absolute Gasteiger partial charge is 0.316 e. The van der Waals surface area contributed by atoms with E-state index in [0.29, 0.717) is 23.3 Å². The molecule has 2 fully saturated rings. The van der Waals surface area contributed by atoms with E-state index in [9.17, 15) is 8.42 Å². The highest BCUT2D eigenvalue weighted by atomic mass is 32.2. The number of rotatable bonds is 5. The molecule has 0 aromatic heterocycles. The van der Waals surface area contributed by atoms with Gasteiger partial charge in [-0.05, 0) is 43.1 Å². The molecule has 1 atom stereocenters. The number of nitrogens with one attached hydrogen (secondary N) is 1. The molecule has 3 nitrogen and oxygen atoms in total. The van der Waals surface area contributed by atoms with Gasteiger partial charge in [-0.25, -0.2) is 8.42 Å². The molecule has 2 aliphatic rings. The van der Waals surface area contributed by atoms with E-state index in [1.807, 2.05) is 0 Å². The molecule has 1 unspecified atom stereocenters. The second-order valence-corrected chi connectivity index (χ2v) is 8.92. The van der Waals surface area contributed by atoms with Gasteiger partial charge in [0, 0.05) is 6.54 Å². The molecule has 0 bridgehead atoms. The van der Waals surface area contributed by atoms with Crippen LogP contribution in [0.3, 0.4) is 0 Å². The van der Waals surface area contributed by atoms with Gasteiger partial charge in [0.2, 0.25) is 0 Å². The molecule has 2 rings (SSSR count). The molecule has 1 saturated heterocycles. The molecule has 0 amide bonds. The topological polar surface area (TPSA) is 46.2 Å². The normalized spacial score (nSPS) is 30.1. The van der Waals surface area contributed by atoms with Gasteiger partial charge in [-0.15, -0.1) is 0 Å². The quantitative estimate of drug-likeness (QED) is 0.835. The highest BCUT2D eigenvalue weighted by molar-refractivity contribution is 7.91. The fourth-order valence-corrected chi connectivity index (χ4v) is 5.64. The first-order chi connectivity index (χ1) is 8.44. The minimum Gasteiger partial charge on any atom is -0.316 e. The summed E-state index contributed by atoms with van der Waals surface area (Å²) in [6.45, 7) is 6.50. The van der Waals surface area contributed by atoms with Crippen molar-refractivity contribution in [2.75, 3.05) is 24.6 Å². The Morgan fingerprint density at radius 3 is 2.44 bits per heavy atom. The van der Waals surface area contributed by atoms with E-state index in [1.165, 1.54) is 25.7 Å². The summed E-state index contributed by atoms with van der Waals surface area (Å²) in [4.78, 5) is 0. The third-order valence-electron chi connectivity index (χ3n) is 4.73. The van der Waals surface area contributed by atoms with Crippen LogP contribution in [-0.2, 0) is 9.84 Å². The molecular formula is C14H27NO2S. The predicted molar refractivity (Wildman–Crippen MR) is 75.4 cm³/mol. The summed E-state index contributed by atoms with van der Waals surface area (Å²) >= 11 is 0. The lowest BCUT2D eigenvalue weighted by Crippen LogP contribution is -2.40. The summed E-state index contributed by atoms with van der Waals surface area (Å²) in [7, 11) is -2.74. The minimum atomic E-state index is -2.74. The van der Waals surface area contributed by atoms with E-state index in [0.717, 1.165) is 19.5 Å². The first-order valence-electron chi connectivity index (χ1n) is 7.35. The van der Waals surface area contributed by atoms with Crippen molar-refractivity contribution in [3.63, 3.8) is 0 Å². The fourth-order valence-electron chi connectivity index (χ4n) is 3.70. The molecule has 1 heterocycles. The van der Waals surface area contributed by atoms with Gasteiger partial charge >= 0.3 is 0 Å². The molecule has 0 aromatic rings. The Hall–Kier alpha value is -0.0900. The van der Waals surface area contributed by atoms with Crippen LogP contribution < -0.4 is 5.32 Å². The first kappa shape index (κ1) is 14.3. The van der Waals surface area contributed by atoms with Gasteiger partial charge in [-0.2, -0.15) is 0 Å². The van der Waals surface area contributed by atoms with Crippen molar-refractivity contribution in [3.8, 4) is 0 Å². The summed E-state index contributed by atoms with van der Waals surface area (Å²) in [6.07, 6.45) is 5.89. The second kappa shape index (κ2) is 5.49. The van der Waals surface area contributed by atoms with Crippen LogP contribution in [0.4, 0.5) is 0 Å². The standard InChI is InChI=1S/C14H27NO2S/c1-12(2)9-15-11-14(6-3-4-7-14)13-5-8-18(16,17)10-13/h12-13,15H,3-11H2,1-2H3. The smallest absolute Gasteiger partial charge is 0.150 e. The molecule has 0 radical (unpaired) electrons. The van der Waals surface area contributed by atoms with Gasteiger partial charge in [-0.3, -0.25) is 0 Å². The molecule has 18 heavy (non-hydrogen) atoms. The lowest BCUT2D eigenvalue weighted by molar-refractivity contribution is 0.177. The predicted octanol–water partition coefficient (Wildman–Crippen LogP) is 2.23. The Morgan fingerprint density at radius 2 is 1.94 bits per heavy atom. The molecule has 0 aromatic carbocycles. The third kappa shape index (κ3) is 3.27. The van der Waals surface area contributed by atoms with Crippen molar-refractivity contribution in [3.05, 3.63) is 0 Å². The summed E-state index contributed by atoms with van der Waals surface area (Å²) < 4.78 is 23.4. The number of hydrogen-bond acceptors (Lipinski definition) is 3. The molecule has 1 aliphatic heterocycles. The molecule has 1 aliphatic carbocycles. The summed E-state index contributed by atoms with van der Waals surface area (Å²) in [5.41, 5.74) is 0.276. The van der Waals surface area contributed by atoms with E-state index in [4.69, 9.17) is 0 Å². The molecule has 1 N–H and O–H groups in total. The number of hydrogen-bond donors (Lipinski definition) is 1. The summed E-state index contributed by atoms with van der Waals surface area (Å²) in [5, 5.41) is 3.58. The fraction of sp³-hybridized carbons (Fsp3) is 1.00. The average Bonchev–Trinajstić information content (AvgIpc) is 2.85. The van der Waals surface area contributed by atoms with Crippen LogP contribution in [0.25, 0.3) is 0 Å². The monoisotopic (exact) mass is 273 g/mol. The zero-order valence-corrected chi connectivity index (χ0v) is 12.6. The Labute approximate surface area is 112 Å². The first-order valence-corrected chi connectivity index (χ1v) is 9.17. The van der Waals surface area contributed by atoms with Crippen molar-refractivity contribution >= 4 is 9.84 Å². The Balaban J connectivity index is 1.98. The highest BCUT2D eigenvalue weighted by Crippen LogP contribution is 2.47. The van der Waals surface area contributed by atoms with E-state index in [2.05, 4.69) is 19.2 Å². The Morgan fingerprint density at radius 1 is 1.28 bits per heavy atom. The zero-order chi connectivity index (χ0) is 13.2. The van der Waals surface area contributed by atoms with Gasteiger partial charge in [0.05, 0.1) is 11.5 Å². The van der Waals surface area contributed by atoms with Crippen LogP contribution >= 0.6 is 0 Å². The summed E-state index contributed by atoms with van der Waals surface area (Å²) in [5.74, 6) is 1.93. The van der Waals surface area contributed by atoms with Crippen molar-refractivity contribution < 1.29 is 8.42 Å². The van der Waals surface area contributed by atoms with Crippen LogP contribution in [0.15, 0.2) is 0 Å². The average molecular weight is 273 g/mol. The molecule has 4 heteroatoms. The molecule has 1 saturated carbocycles. The Bertz CT molecular complexity index is 369. The summed E-state index contributed by atoms with van der Waals surface area (Å²) in [6, 6.07) is 0. The maximum Gasteiger partial charge on any atom is 0.150 e. The Kier molecular flexibility index (Phi) is 4.37. The van der Waals surface area contributed by atoms with Crippen molar-refractivity contribution in [2.45, 2.75) is 46.0 Å². The maximum atomic E-state index is 11.7. The van der Waals surface area contributed by atoms with E-state index >= 15 is 0 Å². The lowest BCUT2D eigenvalue weighted by Gasteiger charge is -2.35. The van der Waals surface area contributed by atoms with Crippen molar-refractivity contribution in [1.82, 2.24) is 5.32 Å². The van der Waals surface area contributed by atoms with E-state index in [1.54, 1.807) is 0 Å². The van der Waals surface area contributed by atoms with Crippen LogP contribution in [0.5, 0.6) is 0 Å². The van der Waals surface area contributed by atoms with Gasteiger partial charge in [0.25, 0.3) is 0 Å². The molecular weight excluding hydrogens is 246 g/mol. The van der Waals surface area contributed by atoms with Gasteiger partial charge in [0.15, 0.2) is 9.84 Å². The second-order valence-electron chi connectivity index (χ2n) is 6.69. The van der Waals surface area contributed by atoms with E-state index in [-0.39, 0.29) is 5.41 Å². The lowest BCUT2D eigenvalue weighted by atomic mass is 9.73. The number of sulfone groups is 1. The van der Waals surface area contributed by atoms with Crippen molar-refractivity contribution in [2.24, 2.45) is 17.3 Å². The van der Waals surface area contributed by atoms with Crippen LogP contribution in [0.2, 0.25) is 0 Å². The van der Waals surface area contributed by atoms with Gasteiger partial charge < -0.3 is 5.32 Å². The van der Waals surface area contributed by atoms with Crippen molar-refractivity contribution in [1.29, 1.82) is 0 Å². The van der Waals surface area contributed by atoms with Crippen LogP contribution in [0.1, 0.15) is 46.0 Å². The van der Waals surface area contributed by atoms with E-state index < -0.39 is 9.84 Å². The molecule has 106 valence electrons. The highest BCUT2D eigenvalue weighted by Gasteiger charge is 2.45. The third-order valence-corrected chi connectivity index (χ3v) is 6.50. The molecule has 0 spiro atoms. The zero-order valence-electron chi connectivity index (χ0n) is 11.7. The van der Waals surface area contributed by atoms with Crippen LogP contribution in [0, 0.1) is 17.3 Å². The van der Waals surface area contributed by atoms with Gasteiger partial charge in [0.1, 0.15) is 0 Å². The van der Waals surface area contributed by atoms with Crippen LogP contribution in [-0.4, -0.2) is 33.0 Å². The SMILES string of the molecule is CC(C)CNCC1(C2CCS(=O)(=O)C2)CCCC1. The minimum absolute atomic E-state index is 0.276. The maximum absolute atomic E-state index is 11.7.